The molecular formula is C24H17BrN2O3S2. The molecule has 0 spiro atoms. The first-order valence-electron chi connectivity index (χ1n) is 9.83. The van der Waals surface area contributed by atoms with Crippen LogP contribution in [0.25, 0.3) is 10.2 Å². The zero-order chi connectivity index (χ0) is 22.6. The minimum absolute atomic E-state index is 0.0759. The van der Waals surface area contributed by atoms with Crippen molar-refractivity contribution in [1.29, 1.82) is 0 Å². The maximum absolute atomic E-state index is 13.3. The third-order valence-corrected chi connectivity index (χ3v) is 7.81. The summed E-state index contributed by atoms with van der Waals surface area (Å²) in [7, 11) is 0. The molecule has 1 N–H and O–H groups in total. The van der Waals surface area contributed by atoms with Crippen LogP contribution in [-0.4, -0.2) is 21.8 Å². The number of amides is 1. The maximum atomic E-state index is 13.3. The molecule has 1 atom stereocenters. The number of carbonyl (C=O) groups is 2. The van der Waals surface area contributed by atoms with E-state index in [1.165, 1.54) is 27.6 Å². The predicted molar refractivity (Wildman–Crippen MR) is 132 cm³/mol. The monoisotopic (exact) mass is 524 g/mol. The van der Waals surface area contributed by atoms with E-state index >= 15 is 0 Å². The third kappa shape index (κ3) is 3.39. The summed E-state index contributed by atoms with van der Waals surface area (Å²) in [6, 6.07) is 14.2. The first kappa shape index (κ1) is 21.1. The highest BCUT2D eigenvalue weighted by molar-refractivity contribution is 9.10. The number of nitrogens with zero attached hydrogens (tertiary/aromatic N) is 2. The van der Waals surface area contributed by atoms with E-state index in [0.29, 0.717) is 10.0 Å². The van der Waals surface area contributed by atoms with Gasteiger partial charge in [0, 0.05) is 4.47 Å². The highest BCUT2D eigenvalue weighted by atomic mass is 79.9. The van der Waals surface area contributed by atoms with Crippen LogP contribution in [0.1, 0.15) is 32.4 Å². The van der Waals surface area contributed by atoms with Crippen LogP contribution in [0, 0.1) is 13.8 Å². The number of aryl methyl sites for hydroxylation is 2. The van der Waals surface area contributed by atoms with E-state index < -0.39 is 17.7 Å². The molecule has 0 saturated carbocycles. The number of hydrogen-bond acceptors (Lipinski definition) is 6. The first-order valence-corrected chi connectivity index (χ1v) is 12.3. The van der Waals surface area contributed by atoms with Gasteiger partial charge in [0.25, 0.3) is 5.91 Å². The molecule has 3 heterocycles. The Kier molecular flexibility index (Phi) is 5.23. The summed E-state index contributed by atoms with van der Waals surface area (Å²) in [6.45, 7) is 4.00. The number of ketones is 1. The van der Waals surface area contributed by atoms with Gasteiger partial charge in [-0.3, -0.25) is 14.5 Å². The summed E-state index contributed by atoms with van der Waals surface area (Å²) in [5.74, 6) is -1.50. The molecule has 2 aromatic heterocycles. The van der Waals surface area contributed by atoms with Crippen LogP contribution in [0.15, 0.2) is 69.7 Å². The molecule has 0 radical (unpaired) electrons. The maximum Gasteiger partial charge on any atom is 0.296 e. The number of aliphatic hydroxyl groups excluding tert-OH is 1. The summed E-state index contributed by atoms with van der Waals surface area (Å²) in [5.41, 5.74) is 3.73. The van der Waals surface area contributed by atoms with Gasteiger partial charge >= 0.3 is 0 Å². The number of thiazole rings is 1. The fourth-order valence-corrected chi connectivity index (χ4v) is 6.11. The van der Waals surface area contributed by atoms with Gasteiger partial charge in [-0.25, -0.2) is 4.98 Å². The molecule has 0 aliphatic carbocycles. The summed E-state index contributed by atoms with van der Waals surface area (Å²) >= 11 is 6.09. The first-order chi connectivity index (χ1) is 15.3. The number of Topliss-reactive ketones (excluding diaryl/α,β-unsaturated/α-hetero) is 1. The average molecular weight is 525 g/mol. The Bertz CT molecular complexity index is 1410. The molecule has 0 saturated heterocycles. The van der Waals surface area contributed by atoms with Gasteiger partial charge in [0.1, 0.15) is 0 Å². The van der Waals surface area contributed by atoms with Crippen LogP contribution < -0.4 is 4.90 Å². The number of hydrogen-bond donors (Lipinski definition) is 1. The fourth-order valence-electron chi connectivity index (χ4n) is 4.00. The predicted octanol–water partition coefficient (Wildman–Crippen LogP) is 6.52. The van der Waals surface area contributed by atoms with Gasteiger partial charge in [0.05, 0.1) is 26.7 Å². The van der Waals surface area contributed by atoms with E-state index in [1.54, 1.807) is 17.5 Å². The number of aliphatic hydroxyl groups is 1. The number of anilines is 1. The molecule has 5 rings (SSSR count). The molecule has 4 aromatic rings. The molecule has 32 heavy (non-hydrogen) atoms. The van der Waals surface area contributed by atoms with Gasteiger partial charge < -0.3 is 5.11 Å². The van der Waals surface area contributed by atoms with Crippen molar-refractivity contribution < 1.29 is 14.7 Å². The zero-order valence-corrected chi connectivity index (χ0v) is 20.3. The van der Waals surface area contributed by atoms with Gasteiger partial charge in [0.15, 0.2) is 10.9 Å². The molecular weight excluding hydrogens is 508 g/mol. The van der Waals surface area contributed by atoms with Gasteiger partial charge in [0.2, 0.25) is 5.78 Å². The molecule has 1 amide bonds. The van der Waals surface area contributed by atoms with Gasteiger partial charge in [-0.2, -0.15) is 0 Å². The van der Waals surface area contributed by atoms with Crippen molar-refractivity contribution in [3.8, 4) is 0 Å². The average Bonchev–Trinajstić information content (AvgIpc) is 3.48. The summed E-state index contributed by atoms with van der Waals surface area (Å²) in [5, 5.41) is 13.1. The van der Waals surface area contributed by atoms with Crippen molar-refractivity contribution >= 4 is 65.6 Å². The molecule has 1 aliphatic heterocycles. The minimum atomic E-state index is -0.771. The Morgan fingerprint density at radius 2 is 1.91 bits per heavy atom. The van der Waals surface area contributed by atoms with Gasteiger partial charge in [-0.15, -0.1) is 11.3 Å². The van der Waals surface area contributed by atoms with Crippen LogP contribution in [0.4, 0.5) is 5.13 Å². The Morgan fingerprint density at radius 1 is 1.16 bits per heavy atom. The van der Waals surface area contributed by atoms with E-state index in [4.69, 9.17) is 4.98 Å². The molecule has 0 unspecified atom stereocenters. The zero-order valence-electron chi connectivity index (χ0n) is 17.1. The van der Waals surface area contributed by atoms with E-state index in [9.17, 15) is 14.7 Å². The van der Waals surface area contributed by atoms with E-state index in [1.807, 2.05) is 50.2 Å². The Labute approximate surface area is 200 Å². The second-order valence-corrected chi connectivity index (χ2v) is 10.5. The molecule has 160 valence electrons. The largest absolute Gasteiger partial charge is 0.503 e. The quantitative estimate of drug-likeness (QED) is 0.308. The van der Waals surface area contributed by atoms with Crippen molar-refractivity contribution in [3.05, 3.63) is 91.3 Å². The summed E-state index contributed by atoms with van der Waals surface area (Å²) < 4.78 is 1.83. The summed E-state index contributed by atoms with van der Waals surface area (Å²) in [6.07, 6.45) is 0. The summed E-state index contributed by atoms with van der Waals surface area (Å²) in [4.78, 5) is 33.3. The molecule has 2 aromatic carbocycles. The molecule has 5 nitrogen and oxygen atoms in total. The van der Waals surface area contributed by atoms with Gasteiger partial charge in [-0.1, -0.05) is 51.5 Å². The molecule has 1 aliphatic rings. The second kappa shape index (κ2) is 7.95. The van der Waals surface area contributed by atoms with Gasteiger partial charge in [-0.05, 0) is 60.2 Å². The van der Waals surface area contributed by atoms with Crippen molar-refractivity contribution in [1.82, 2.24) is 4.98 Å². The lowest BCUT2D eigenvalue weighted by atomic mass is 9.96. The minimum Gasteiger partial charge on any atom is -0.503 e. The van der Waals surface area contributed by atoms with Crippen molar-refractivity contribution in [3.63, 3.8) is 0 Å². The molecule has 8 heteroatoms. The standard InChI is InChI=1S/C24H17BrN2O3S2/c1-12-10-13(2)19-17(11-12)32-24(26-19)27-20(14-5-7-15(25)8-6-14)18(22(29)23(27)30)21(28)16-4-3-9-31-16/h3-11,20,29H,1-2H3/t20-/m0/s1. The van der Waals surface area contributed by atoms with Crippen molar-refractivity contribution in [2.45, 2.75) is 19.9 Å². The van der Waals surface area contributed by atoms with E-state index in [0.717, 1.165) is 31.4 Å². The van der Waals surface area contributed by atoms with E-state index in [2.05, 4.69) is 15.9 Å². The molecule has 0 bridgehead atoms. The second-order valence-electron chi connectivity index (χ2n) is 7.62. The van der Waals surface area contributed by atoms with Crippen LogP contribution in [-0.2, 0) is 4.79 Å². The third-order valence-electron chi connectivity index (χ3n) is 5.41. The number of carbonyl (C=O) groups excluding carboxylic acids is 2. The number of halogens is 1. The Morgan fingerprint density at radius 3 is 2.59 bits per heavy atom. The van der Waals surface area contributed by atoms with Crippen molar-refractivity contribution in [2.24, 2.45) is 0 Å². The normalized spacial score (nSPS) is 16.4. The fraction of sp³-hybridized carbons (Fsp3) is 0.125. The lowest BCUT2D eigenvalue weighted by Crippen LogP contribution is -2.30. The Hall–Kier alpha value is -2.81. The van der Waals surface area contributed by atoms with Crippen LogP contribution in [0.3, 0.4) is 0 Å². The number of thiophene rings is 1. The Balaban J connectivity index is 1.70. The topological polar surface area (TPSA) is 70.5 Å². The van der Waals surface area contributed by atoms with Crippen LogP contribution in [0.5, 0.6) is 0 Å². The number of fused-ring (bicyclic) bond motifs is 1. The number of aromatic nitrogens is 1. The lowest BCUT2D eigenvalue weighted by Gasteiger charge is -2.24. The van der Waals surface area contributed by atoms with E-state index in [-0.39, 0.29) is 11.4 Å². The number of benzene rings is 2. The lowest BCUT2D eigenvalue weighted by molar-refractivity contribution is -0.117. The SMILES string of the molecule is Cc1cc(C)c2nc(N3C(=O)C(O)=C(C(=O)c4cccs4)[C@@H]3c3ccc(Br)cc3)sc2c1. The number of rotatable bonds is 4. The highest BCUT2D eigenvalue weighted by Crippen LogP contribution is 2.45. The van der Waals surface area contributed by atoms with Crippen LogP contribution in [0.2, 0.25) is 0 Å². The smallest absolute Gasteiger partial charge is 0.296 e. The van der Waals surface area contributed by atoms with Crippen LogP contribution >= 0.6 is 38.6 Å². The molecule has 0 fully saturated rings. The van der Waals surface area contributed by atoms with Crippen molar-refractivity contribution in [2.75, 3.05) is 4.90 Å². The highest BCUT2D eigenvalue weighted by Gasteiger charge is 2.46.